The van der Waals surface area contributed by atoms with Crippen molar-refractivity contribution in [1.82, 2.24) is 0 Å². The van der Waals surface area contributed by atoms with Crippen LogP contribution in [0.5, 0.6) is 0 Å². The molecule has 110 valence electrons. The Morgan fingerprint density at radius 1 is 1.00 bits per heavy atom. The number of benzene rings is 2. The van der Waals surface area contributed by atoms with Gasteiger partial charge in [-0.15, -0.1) is 11.8 Å². The average Bonchev–Trinajstić information content (AvgIpc) is 2.56. The van der Waals surface area contributed by atoms with Gasteiger partial charge < -0.3 is 5.32 Å². The molecule has 3 nitrogen and oxygen atoms in total. The summed E-state index contributed by atoms with van der Waals surface area (Å²) >= 11 is 1.65. The SMILES string of the molecule is N#Cc1cccc(C#N)c1NCCCSc1ccc(F)cc1. The standard InChI is InChI=1S/C17H14FN3S/c18-15-5-7-16(8-6-15)22-10-2-9-21-17-13(11-19)3-1-4-14(17)12-20/h1,3-8,21H,2,9-10H2. The summed E-state index contributed by atoms with van der Waals surface area (Å²) in [5.41, 5.74) is 1.55. The van der Waals surface area contributed by atoms with Gasteiger partial charge in [-0.25, -0.2) is 4.39 Å². The van der Waals surface area contributed by atoms with Gasteiger partial charge in [-0.3, -0.25) is 0 Å². The van der Waals surface area contributed by atoms with Crippen molar-refractivity contribution in [2.75, 3.05) is 17.6 Å². The Kier molecular flexibility index (Phi) is 5.82. The van der Waals surface area contributed by atoms with Crippen LogP contribution in [0.1, 0.15) is 17.5 Å². The fraction of sp³-hybridized carbons (Fsp3) is 0.176. The van der Waals surface area contributed by atoms with Gasteiger partial charge in [-0.05, 0) is 48.6 Å². The molecule has 2 rings (SSSR count). The Morgan fingerprint density at radius 3 is 2.23 bits per heavy atom. The second-order valence-electron chi connectivity index (χ2n) is 4.53. The molecular weight excluding hydrogens is 297 g/mol. The highest BCUT2D eigenvalue weighted by atomic mass is 32.2. The lowest BCUT2D eigenvalue weighted by Gasteiger charge is -2.09. The highest BCUT2D eigenvalue weighted by Crippen LogP contribution is 2.21. The summed E-state index contributed by atoms with van der Waals surface area (Å²) in [6.07, 6.45) is 0.868. The van der Waals surface area contributed by atoms with Crippen LogP contribution >= 0.6 is 11.8 Å². The number of halogens is 1. The summed E-state index contributed by atoms with van der Waals surface area (Å²) in [5, 5.41) is 21.3. The van der Waals surface area contributed by atoms with Gasteiger partial charge in [-0.1, -0.05) is 6.07 Å². The second kappa shape index (κ2) is 8.07. The summed E-state index contributed by atoms with van der Waals surface area (Å²) in [5.74, 6) is 0.637. The van der Waals surface area contributed by atoms with Gasteiger partial charge in [0.15, 0.2) is 0 Å². The lowest BCUT2D eigenvalue weighted by molar-refractivity contribution is 0.626. The van der Waals surface area contributed by atoms with Gasteiger partial charge in [-0.2, -0.15) is 10.5 Å². The quantitative estimate of drug-likeness (QED) is 0.642. The number of para-hydroxylation sites is 1. The number of hydrogen-bond donors (Lipinski definition) is 1. The zero-order chi connectivity index (χ0) is 15.8. The molecule has 1 N–H and O–H groups in total. The van der Waals surface area contributed by atoms with Gasteiger partial charge in [0.2, 0.25) is 0 Å². The van der Waals surface area contributed by atoms with Crippen molar-refractivity contribution in [3.05, 3.63) is 59.4 Å². The van der Waals surface area contributed by atoms with Crippen LogP contribution in [-0.2, 0) is 0 Å². The monoisotopic (exact) mass is 311 g/mol. The van der Waals surface area contributed by atoms with E-state index in [1.54, 1.807) is 42.1 Å². The lowest BCUT2D eigenvalue weighted by Crippen LogP contribution is -2.06. The van der Waals surface area contributed by atoms with E-state index in [9.17, 15) is 4.39 Å². The Bertz CT molecular complexity index is 682. The third kappa shape index (κ3) is 4.25. The van der Waals surface area contributed by atoms with Gasteiger partial charge in [0.1, 0.15) is 18.0 Å². The fourth-order valence-corrected chi connectivity index (χ4v) is 2.79. The van der Waals surface area contributed by atoms with Crippen molar-refractivity contribution < 1.29 is 4.39 Å². The molecule has 0 amide bonds. The molecule has 0 unspecified atom stereocenters. The smallest absolute Gasteiger partial charge is 0.123 e. The van der Waals surface area contributed by atoms with Crippen LogP contribution in [0.4, 0.5) is 10.1 Å². The first kappa shape index (κ1) is 15.9. The van der Waals surface area contributed by atoms with Crippen molar-refractivity contribution >= 4 is 17.4 Å². The molecule has 5 heteroatoms. The number of thioether (sulfide) groups is 1. The van der Waals surface area contributed by atoms with Crippen molar-refractivity contribution in [3.63, 3.8) is 0 Å². The first-order valence-electron chi connectivity index (χ1n) is 6.80. The molecule has 0 spiro atoms. The first-order valence-corrected chi connectivity index (χ1v) is 7.78. The lowest BCUT2D eigenvalue weighted by atomic mass is 10.1. The fourth-order valence-electron chi connectivity index (χ4n) is 1.94. The van der Waals surface area contributed by atoms with Crippen LogP contribution in [0.3, 0.4) is 0 Å². The predicted octanol–water partition coefficient (Wildman–Crippen LogP) is 4.16. The van der Waals surface area contributed by atoms with Crippen LogP contribution in [0.15, 0.2) is 47.4 Å². The van der Waals surface area contributed by atoms with Crippen LogP contribution in [-0.4, -0.2) is 12.3 Å². The van der Waals surface area contributed by atoms with Crippen molar-refractivity contribution in [2.24, 2.45) is 0 Å². The average molecular weight is 311 g/mol. The maximum absolute atomic E-state index is 12.8. The minimum atomic E-state index is -0.233. The van der Waals surface area contributed by atoms with E-state index in [0.29, 0.717) is 23.4 Å². The minimum absolute atomic E-state index is 0.233. The molecule has 0 aliphatic heterocycles. The Labute approximate surface area is 133 Å². The van der Waals surface area contributed by atoms with Crippen LogP contribution in [0, 0.1) is 28.5 Å². The van der Waals surface area contributed by atoms with Crippen LogP contribution in [0.2, 0.25) is 0 Å². The summed E-state index contributed by atoms with van der Waals surface area (Å²) in [6.45, 7) is 0.668. The zero-order valence-corrected chi connectivity index (χ0v) is 12.7. The molecule has 0 fully saturated rings. The van der Waals surface area contributed by atoms with Crippen molar-refractivity contribution in [1.29, 1.82) is 10.5 Å². The van der Waals surface area contributed by atoms with Crippen molar-refractivity contribution in [3.8, 4) is 12.1 Å². The maximum atomic E-state index is 12.8. The van der Waals surface area contributed by atoms with Gasteiger partial charge in [0, 0.05) is 11.4 Å². The zero-order valence-electron chi connectivity index (χ0n) is 11.8. The molecule has 0 radical (unpaired) electrons. The highest BCUT2D eigenvalue weighted by Gasteiger charge is 2.06. The van der Waals surface area contributed by atoms with E-state index in [2.05, 4.69) is 17.5 Å². The Hall–Kier alpha value is -2.50. The molecule has 0 saturated carbocycles. The van der Waals surface area contributed by atoms with Gasteiger partial charge >= 0.3 is 0 Å². The summed E-state index contributed by atoms with van der Waals surface area (Å²) in [4.78, 5) is 1.02. The largest absolute Gasteiger partial charge is 0.383 e. The van der Waals surface area contributed by atoms with Gasteiger partial charge in [0.05, 0.1) is 16.8 Å². The normalized spacial score (nSPS) is 9.77. The van der Waals surface area contributed by atoms with Crippen molar-refractivity contribution in [2.45, 2.75) is 11.3 Å². The van der Waals surface area contributed by atoms with E-state index in [-0.39, 0.29) is 5.82 Å². The Morgan fingerprint density at radius 2 is 1.64 bits per heavy atom. The maximum Gasteiger partial charge on any atom is 0.123 e. The molecule has 2 aromatic rings. The number of rotatable bonds is 6. The molecule has 0 bridgehead atoms. The van der Waals surface area contributed by atoms with Crippen LogP contribution in [0.25, 0.3) is 0 Å². The van der Waals surface area contributed by atoms with E-state index in [4.69, 9.17) is 10.5 Å². The second-order valence-corrected chi connectivity index (χ2v) is 5.70. The van der Waals surface area contributed by atoms with E-state index < -0.39 is 0 Å². The number of nitrogens with one attached hydrogen (secondary N) is 1. The molecular formula is C17H14FN3S. The van der Waals surface area contributed by atoms with E-state index in [1.165, 1.54) is 12.1 Å². The van der Waals surface area contributed by atoms with E-state index in [0.717, 1.165) is 17.1 Å². The first-order chi connectivity index (χ1) is 10.7. The van der Waals surface area contributed by atoms with Crippen LogP contribution < -0.4 is 5.32 Å². The summed E-state index contributed by atoms with van der Waals surface area (Å²) < 4.78 is 12.8. The third-order valence-corrected chi connectivity index (χ3v) is 4.11. The minimum Gasteiger partial charge on any atom is -0.383 e. The molecule has 0 saturated heterocycles. The topological polar surface area (TPSA) is 59.6 Å². The summed E-state index contributed by atoms with van der Waals surface area (Å²) in [7, 11) is 0. The molecule has 0 atom stereocenters. The number of hydrogen-bond acceptors (Lipinski definition) is 4. The molecule has 0 heterocycles. The van der Waals surface area contributed by atoms with E-state index >= 15 is 0 Å². The Balaban J connectivity index is 1.83. The number of nitriles is 2. The van der Waals surface area contributed by atoms with Gasteiger partial charge in [0.25, 0.3) is 0 Å². The highest BCUT2D eigenvalue weighted by molar-refractivity contribution is 7.99. The van der Waals surface area contributed by atoms with E-state index in [1.807, 2.05) is 0 Å². The third-order valence-electron chi connectivity index (χ3n) is 3.01. The molecule has 22 heavy (non-hydrogen) atoms. The molecule has 0 aliphatic carbocycles. The molecule has 0 aromatic heterocycles. The molecule has 0 aliphatic rings. The number of nitrogens with zero attached hydrogens (tertiary/aromatic N) is 2. The summed E-state index contributed by atoms with van der Waals surface area (Å²) in [6, 6.07) is 15.7. The number of anilines is 1. The predicted molar refractivity (Wildman–Crippen MR) is 86.1 cm³/mol. The molecule has 2 aromatic carbocycles.